The number of ketones is 4. The van der Waals surface area contributed by atoms with Crippen LogP contribution in [0.25, 0.3) is 0 Å². The number of aryl methyl sites for hydroxylation is 1. The molecule has 1 aromatic carbocycles. The van der Waals surface area contributed by atoms with E-state index in [0.29, 0.717) is 0 Å². The number of benzene rings is 1. The summed E-state index contributed by atoms with van der Waals surface area (Å²) < 4.78 is 0. The van der Waals surface area contributed by atoms with Gasteiger partial charge in [0, 0.05) is 23.5 Å². The molecule has 0 N–H and O–H groups in total. The van der Waals surface area contributed by atoms with Crippen LogP contribution in [-0.4, -0.2) is 23.1 Å². The summed E-state index contributed by atoms with van der Waals surface area (Å²) in [5.74, 6) is 0.443. The third-order valence-electron chi connectivity index (χ3n) is 6.69. The zero-order chi connectivity index (χ0) is 24.0. The molecule has 0 saturated carbocycles. The van der Waals surface area contributed by atoms with Gasteiger partial charge in [-0.3, -0.25) is 14.4 Å². The molecule has 0 saturated heterocycles. The number of carbonyl (C=O) groups excluding carboxylic acids is 4. The third kappa shape index (κ3) is 5.90. The fourth-order valence-corrected chi connectivity index (χ4v) is 5.50. The van der Waals surface area contributed by atoms with Crippen molar-refractivity contribution < 1.29 is 19.2 Å². The SMILES string of the molecule is CCCC(C)=O.CCCC1CC2Cc3cccc(C)c3C(=O)C2=C(C)C1C(=O)CC(C)=O. The van der Waals surface area contributed by atoms with E-state index in [9.17, 15) is 19.2 Å². The van der Waals surface area contributed by atoms with E-state index in [2.05, 4.69) is 13.0 Å². The topological polar surface area (TPSA) is 68.3 Å². The minimum absolute atomic E-state index is 0.0113. The lowest BCUT2D eigenvalue weighted by Crippen LogP contribution is -2.38. The summed E-state index contributed by atoms with van der Waals surface area (Å²) in [5.41, 5.74) is 4.74. The molecule has 0 radical (unpaired) electrons. The fourth-order valence-electron chi connectivity index (χ4n) is 5.50. The average Bonchev–Trinajstić information content (AvgIpc) is 2.67. The van der Waals surface area contributed by atoms with Crippen molar-refractivity contribution >= 4 is 23.1 Å². The molecule has 4 heteroatoms. The van der Waals surface area contributed by atoms with E-state index in [-0.39, 0.29) is 47.3 Å². The van der Waals surface area contributed by atoms with Gasteiger partial charge in [-0.05, 0) is 76.3 Å². The van der Waals surface area contributed by atoms with Crippen molar-refractivity contribution in [3.63, 3.8) is 0 Å². The number of Topliss-reactive ketones (excluding diaryl/α,β-unsaturated/α-hetero) is 4. The molecule has 32 heavy (non-hydrogen) atoms. The van der Waals surface area contributed by atoms with Crippen molar-refractivity contribution in [2.45, 2.75) is 86.5 Å². The monoisotopic (exact) mass is 438 g/mol. The standard InChI is InChI=1S/C23H28O3.C5H10O/c1-5-7-16-11-18-12-17-9-6-8-13(2)20(17)23(26)22(18)15(4)21(16)19(25)10-14(3)24;1-3-4-5(2)6/h6,8-9,16,18,21H,5,7,10-12H2,1-4H3;3-4H2,1-2H3. The van der Waals surface area contributed by atoms with Crippen molar-refractivity contribution in [3.05, 3.63) is 46.0 Å². The van der Waals surface area contributed by atoms with Gasteiger partial charge in [-0.1, -0.05) is 44.0 Å². The first-order valence-corrected chi connectivity index (χ1v) is 12.0. The molecule has 0 spiro atoms. The molecule has 2 aliphatic rings. The van der Waals surface area contributed by atoms with Crippen molar-refractivity contribution in [1.82, 2.24) is 0 Å². The van der Waals surface area contributed by atoms with Gasteiger partial charge in [0.05, 0.1) is 6.42 Å². The Morgan fingerprint density at radius 2 is 1.69 bits per heavy atom. The normalized spacial score (nSPS) is 21.8. The fraction of sp³-hybridized carbons (Fsp3) is 0.571. The molecule has 0 aliphatic heterocycles. The second-order valence-electron chi connectivity index (χ2n) is 9.50. The second kappa shape index (κ2) is 11.5. The van der Waals surface area contributed by atoms with Crippen LogP contribution in [0, 0.1) is 24.7 Å². The first-order valence-electron chi connectivity index (χ1n) is 12.0. The summed E-state index contributed by atoms with van der Waals surface area (Å²) in [6, 6.07) is 6.07. The van der Waals surface area contributed by atoms with Gasteiger partial charge < -0.3 is 4.79 Å². The zero-order valence-corrected chi connectivity index (χ0v) is 20.5. The van der Waals surface area contributed by atoms with Gasteiger partial charge in [0.15, 0.2) is 5.78 Å². The molecule has 3 atom stereocenters. The highest BCUT2D eigenvalue weighted by molar-refractivity contribution is 6.13. The third-order valence-corrected chi connectivity index (χ3v) is 6.69. The Labute approximate surface area is 192 Å². The Morgan fingerprint density at radius 1 is 1.00 bits per heavy atom. The molecular formula is C28H38O4. The summed E-state index contributed by atoms with van der Waals surface area (Å²) in [7, 11) is 0. The molecular weight excluding hydrogens is 400 g/mol. The van der Waals surface area contributed by atoms with E-state index in [1.807, 2.05) is 32.9 Å². The maximum atomic E-state index is 13.3. The minimum atomic E-state index is -0.278. The van der Waals surface area contributed by atoms with Crippen LogP contribution in [0.3, 0.4) is 0 Å². The number of allylic oxidation sites excluding steroid dienone is 2. The lowest BCUT2D eigenvalue weighted by Gasteiger charge is -2.40. The maximum absolute atomic E-state index is 13.3. The van der Waals surface area contributed by atoms with Crippen LogP contribution in [0.4, 0.5) is 0 Å². The van der Waals surface area contributed by atoms with Gasteiger partial charge >= 0.3 is 0 Å². The van der Waals surface area contributed by atoms with Crippen LogP contribution in [0.5, 0.6) is 0 Å². The molecule has 174 valence electrons. The molecule has 3 unspecified atom stereocenters. The number of carbonyl (C=O) groups is 4. The second-order valence-corrected chi connectivity index (χ2v) is 9.50. The van der Waals surface area contributed by atoms with Crippen LogP contribution < -0.4 is 0 Å². The zero-order valence-electron chi connectivity index (χ0n) is 20.5. The van der Waals surface area contributed by atoms with E-state index >= 15 is 0 Å². The predicted octanol–water partition coefficient (Wildman–Crippen LogP) is 6.03. The number of hydrogen-bond donors (Lipinski definition) is 0. The molecule has 2 aliphatic carbocycles. The summed E-state index contributed by atoms with van der Waals surface area (Å²) in [4.78, 5) is 47.7. The Kier molecular flexibility index (Phi) is 9.30. The van der Waals surface area contributed by atoms with Crippen LogP contribution in [0.15, 0.2) is 29.3 Å². The van der Waals surface area contributed by atoms with E-state index in [0.717, 1.165) is 66.4 Å². The highest BCUT2D eigenvalue weighted by Gasteiger charge is 2.43. The summed E-state index contributed by atoms with van der Waals surface area (Å²) in [6.45, 7) is 11.1. The van der Waals surface area contributed by atoms with Crippen molar-refractivity contribution in [1.29, 1.82) is 0 Å². The van der Waals surface area contributed by atoms with Crippen LogP contribution in [0.1, 0.15) is 94.6 Å². The van der Waals surface area contributed by atoms with Gasteiger partial charge in [-0.15, -0.1) is 0 Å². The lowest BCUT2D eigenvalue weighted by atomic mass is 9.62. The smallest absolute Gasteiger partial charge is 0.189 e. The highest BCUT2D eigenvalue weighted by Crippen LogP contribution is 2.46. The molecule has 0 amide bonds. The number of rotatable bonds is 7. The van der Waals surface area contributed by atoms with Gasteiger partial charge in [-0.25, -0.2) is 0 Å². The van der Waals surface area contributed by atoms with Crippen LogP contribution >= 0.6 is 0 Å². The first kappa shape index (κ1) is 25.9. The summed E-state index contributed by atoms with van der Waals surface area (Å²) in [5, 5.41) is 0. The highest BCUT2D eigenvalue weighted by atomic mass is 16.1. The van der Waals surface area contributed by atoms with E-state index in [4.69, 9.17) is 0 Å². The molecule has 1 aromatic rings. The van der Waals surface area contributed by atoms with Crippen molar-refractivity contribution in [2.24, 2.45) is 17.8 Å². The van der Waals surface area contributed by atoms with Gasteiger partial charge in [-0.2, -0.15) is 0 Å². The first-order chi connectivity index (χ1) is 15.1. The molecule has 0 aromatic heterocycles. The summed E-state index contributed by atoms with van der Waals surface area (Å²) in [6.07, 6.45) is 5.41. The Balaban J connectivity index is 0.000000534. The Hall–Kier alpha value is -2.36. The minimum Gasteiger partial charge on any atom is -0.300 e. The van der Waals surface area contributed by atoms with Crippen LogP contribution in [-0.2, 0) is 20.8 Å². The number of hydrogen-bond acceptors (Lipinski definition) is 4. The van der Waals surface area contributed by atoms with E-state index in [1.54, 1.807) is 6.92 Å². The molecule has 0 bridgehead atoms. The van der Waals surface area contributed by atoms with Gasteiger partial charge in [0.2, 0.25) is 0 Å². The van der Waals surface area contributed by atoms with Crippen molar-refractivity contribution in [3.8, 4) is 0 Å². The molecule has 3 rings (SSSR count). The molecule has 0 fully saturated rings. The van der Waals surface area contributed by atoms with Crippen LogP contribution in [0.2, 0.25) is 0 Å². The quantitative estimate of drug-likeness (QED) is 0.488. The Bertz CT molecular complexity index is 921. The van der Waals surface area contributed by atoms with E-state index in [1.165, 1.54) is 6.92 Å². The van der Waals surface area contributed by atoms with E-state index < -0.39 is 0 Å². The molecule has 0 heterocycles. The lowest BCUT2D eigenvalue weighted by molar-refractivity contribution is -0.129. The Morgan fingerprint density at radius 3 is 2.22 bits per heavy atom. The maximum Gasteiger partial charge on any atom is 0.189 e. The average molecular weight is 439 g/mol. The predicted molar refractivity (Wildman–Crippen MR) is 128 cm³/mol. The van der Waals surface area contributed by atoms with Gasteiger partial charge in [0.1, 0.15) is 17.3 Å². The number of fused-ring (bicyclic) bond motifs is 2. The summed E-state index contributed by atoms with van der Waals surface area (Å²) >= 11 is 0. The van der Waals surface area contributed by atoms with Crippen molar-refractivity contribution in [2.75, 3.05) is 0 Å². The largest absolute Gasteiger partial charge is 0.300 e. The molecule has 4 nitrogen and oxygen atoms in total. The van der Waals surface area contributed by atoms with Gasteiger partial charge in [0.25, 0.3) is 0 Å².